The molecule has 1 fully saturated rings. The molecule has 3 N–H and O–H groups in total. The lowest BCUT2D eigenvalue weighted by atomic mass is 9.88. The zero-order valence-corrected chi connectivity index (χ0v) is 11.8. The first-order chi connectivity index (χ1) is 8.54. The summed E-state index contributed by atoms with van der Waals surface area (Å²) in [4.78, 5) is 13.9. The maximum Gasteiger partial charge on any atom is 0.222 e. The Morgan fingerprint density at radius 2 is 2.17 bits per heavy atom. The Bertz CT molecular complexity index is 256. The van der Waals surface area contributed by atoms with E-state index < -0.39 is 0 Å². The molecule has 4 nitrogen and oxygen atoms in total. The van der Waals surface area contributed by atoms with Crippen LogP contribution in [0.15, 0.2) is 0 Å². The Morgan fingerprint density at radius 3 is 2.72 bits per heavy atom. The average molecular weight is 256 g/mol. The van der Waals surface area contributed by atoms with E-state index in [-0.39, 0.29) is 12.0 Å². The molecular weight excluding hydrogens is 228 g/mol. The van der Waals surface area contributed by atoms with Crippen LogP contribution in [0.25, 0.3) is 0 Å². The summed E-state index contributed by atoms with van der Waals surface area (Å²) in [6.07, 6.45) is 3.92. The van der Waals surface area contributed by atoms with Crippen molar-refractivity contribution in [3.63, 3.8) is 0 Å². The first kappa shape index (κ1) is 15.4. The smallest absolute Gasteiger partial charge is 0.222 e. The summed E-state index contributed by atoms with van der Waals surface area (Å²) >= 11 is 0. The molecule has 18 heavy (non-hydrogen) atoms. The molecule has 0 spiro atoms. The van der Waals surface area contributed by atoms with E-state index in [0.29, 0.717) is 31.3 Å². The van der Waals surface area contributed by atoms with Gasteiger partial charge in [0, 0.05) is 19.5 Å². The molecule has 0 aromatic rings. The van der Waals surface area contributed by atoms with Crippen LogP contribution in [-0.2, 0) is 4.79 Å². The number of hydrogen-bond acceptors (Lipinski definition) is 3. The van der Waals surface area contributed by atoms with Gasteiger partial charge in [-0.05, 0) is 44.1 Å². The summed E-state index contributed by atoms with van der Waals surface area (Å²) in [5.74, 6) is 1.30. The number of nitrogens with zero attached hydrogens (tertiary/aromatic N) is 1. The van der Waals surface area contributed by atoms with Crippen molar-refractivity contribution >= 4 is 5.91 Å². The highest BCUT2D eigenvalue weighted by atomic mass is 16.3. The van der Waals surface area contributed by atoms with Crippen LogP contribution in [0.1, 0.15) is 46.0 Å². The molecule has 0 aromatic carbocycles. The van der Waals surface area contributed by atoms with Crippen LogP contribution in [0.3, 0.4) is 0 Å². The quantitative estimate of drug-likeness (QED) is 0.754. The third-order valence-corrected chi connectivity index (χ3v) is 3.96. The fourth-order valence-corrected chi connectivity index (χ4v) is 2.67. The summed E-state index contributed by atoms with van der Waals surface area (Å²) in [6.45, 7) is 6.39. The zero-order valence-electron chi connectivity index (χ0n) is 11.8. The topological polar surface area (TPSA) is 66.6 Å². The molecule has 1 amide bonds. The second kappa shape index (κ2) is 7.74. The third kappa shape index (κ3) is 4.94. The van der Waals surface area contributed by atoms with Gasteiger partial charge in [0.25, 0.3) is 0 Å². The SMILES string of the molecule is CC(C)C(CCN)CCC(=O)N1CCC[C@H](O)C1. The molecule has 1 aliphatic rings. The van der Waals surface area contributed by atoms with Crippen molar-refractivity contribution < 1.29 is 9.90 Å². The third-order valence-electron chi connectivity index (χ3n) is 3.96. The van der Waals surface area contributed by atoms with Gasteiger partial charge in [0.1, 0.15) is 0 Å². The molecule has 2 atom stereocenters. The summed E-state index contributed by atoms with van der Waals surface area (Å²) in [6, 6.07) is 0. The summed E-state index contributed by atoms with van der Waals surface area (Å²) in [5.41, 5.74) is 5.61. The lowest BCUT2D eigenvalue weighted by molar-refractivity contribution is -0.134. The summed E-state index contributed by atoms with van der Waals surface area (Å²) in [7, 11) is 0. The second-order valence-electron chi connectivity index (χ2n) is 5.76. The van der Waals surface area contributed by atoms with E-state index in [1.54, 1.807) is 0 Å². The number of likely N-dealkylation sites (tertiary alicyclic amines) is 1. The Balaban J connectivity index is 2.34. The number of nitrogens with two attached hydrogens (primary N) is 1. The number of rotatable bonds is 6. The van der Waals surface area contributed by atoms with E-state index in [1.807, 2.05) is 4.90 Å². The zero-order chi connectivity index (χ0) is 13.5. The van der Waals surface area contributed by atoms with Gasteiger partial charge in [-0.25, -0.2) is 0 Å². The lowest BCUT2D eigenvalue weighted by Gasteiger charge is -2.31. The number of carbonyl (C=O) groups excluding carboxylic acids is 1. The van der Waals surface area contributed by atoms with Crippen molar-refractivity contribution in [1.29, 1.82) is 0 Å². The minimum atomic E-state index is -0.326. The van der Waals surface area contributed by atoms with E-state index >= 15 is 0 Å². The lowest BCUT2D eigenvalue weighted by Crippen LogP contribution is -2.42. The van der Waals surface area contributed by atoms with Gasteiger partial charge in [-0.15, -0.1) is 0 Å². The summed E-state index contributed by atoms with van der Waals surface area (Å²) in [5, 5.41) is 9.57. The first-order valence-corrected chi connectivity index (χ1v) is 7.20. The minimum Gasteiger partial charge on any atom is -0.391 e. The van der Waals surface area contributed by atoms with Crippen molar-refractivity contribution in [1.82, 2.24) is 4.90 Å². The molecule has 1 aliphatic heterocycles. The van der Waals surface area contributed by atoms with E-state index in [0.717, 1.165) is 32.2 Å². The number of hydrogen-bond donors (Lipinski definition) is 2. The van der Waals surface area contributed by atoms with Crippen LogP contribution in [0.4, 0.5) is 0 Å². The maximum atomic E-state index is 12.1. The molecule has 0 aliphatic carbocycles. The van der Waals surface area contributed by atoms with Gasteiger partial charge >= 0.3 is 0 Å². The van der Waals surface area contributed by atoms with Gasteiger partial charge in [-0.3, -0.25) is 4.79 Å². The second-order valence-corrected chi connectivity index (χ2v) is 5.76. The van der Waals surface area contributed by atoms with Crippen molar-refractivity contribution in [2.75, 3.05) is 19.6 Å². The van der Waals surface area contributed by atoms with Crippen molar-refractivity contribution in [3.05, 3.63) is 0 Å². The van der Waals surface area contributed by atoms with Crippen molar-refractivity contribution in [2.45, 2.75) is 52.1 Å². The predicted molar refractivity (Wildman–Crippen MR) is 73.1 cm³/mol. The first-order valence-electron chi connectivity index (χ1n) is 7.20. The normalized spacial score (nSPS) is 22.3. The van der Waals surface area contributed by atoms with Gasteiger partial charge in [0.05, 0.1) is 6.10 Å². The molecule has 1 rings (SSSR count). The van der Waals surface area contributed by atoms with Gasteiger partial charge in [0.15, 0.2) is 0 Å². The molecule has 1 unspecified atom stereocenters. The Kier molecular flexibility index (Phi) is 6.65. The average Bonchev–Trinajstić information content (AvgIpc) is 2.33. The molecular formula is C14H28N2O2. The molecule has 106 valence electrons. The predicted octanol–water partition coefficient (Wildman–Crippen LogP) is 1.37. The maximum absolute atomic E-state index is 12.1. The molecule has 4 heteroatoms. The fourth-order valence-electron chi connectivity index (χ4n) is 2.67. The van der Waals surface area contributed by atoms with Gasteiger partial charge in [-0.1, -0.05) is 13.8 Å². The molecule has 1 saturated heterocycles. The van der Waals surface area contributed by atoms with Gasteiger partial charge < -0.3 is 15.7 Å². The van der Waals surface area contributed by atoms with Crippen molar-refractivity contribution in [2.24, 2.45) is 17.6 Å². The Hall–Kier alpha value is -0.610. The number of amides is 1. The highest BCUT2D eigenvalue weighted by Gasteiger charge is 2.23. The molecule has 0 aromatic heterocycles. The fraction of sp³-hybridized carbons (Fsp3) is 0.929. The van der Waals surface area contributed by atoms with Crippen LogP contribution in [0.2, 0.25) is 0 Å². The number of β-amino-alcohol motifs (C(OH)–C–C–N with tert-alkyl or cyclic N) is 1. The van der Waals surface area contributed by atoms with E-state index in [2.05, 4.69) is 13.8 Å². The number of carbonyl (C=O) groups is 1. The van der Waals surface area contributed by atoms with Crippen LogP contribution < -0.4 is 5.73 Å². The largest absolute Gasteiger partial charge is 0.391 e. The van der Waals surface area contributed by atoms with Crippen LogP contribution in [0.5, 0.6) is 0 Å². The van der Waals surface area contributed by atoms with Crippen LogP contribution in [-0.4, -0.2) is 41.7 Å². The monoisotopic (exact) mass is 256 g/mol. The molecule has 0 radical (unpaired) electrons. The Morgan fingerprint density at radius 1 is 1.44 bits per heavy atom. The van der Waals surface area contributed by atoms with E-state index in [4.69, 9.17) is 5.73 Å². The molecule has 0 saturated carbocycles. The number of aliphatic hydroxyl groups is 1. The summed E-state index contributed by atoms with van der Waals surface area (Å²) < 4.78 is 0. The van der Waals surface area contributed by atoms with E-state index in [1.165, 1.54) is 0 Å². The van der Waals surface area contributed by atoms with Crippen LogP contribution >= 0.6 is 0 Å². The standard InChI is InChI=1S/C14H28N2O2/c1-11(2)12(7-8-15)5-6-14(18)16-9-3-4-13(17)10-16/h11-13,17H,3-10,15H2,1-2H3/t12?,13-/m0/s1. The van der Waals surface area contributed by atoms with E-state index in [9.17, 15) is 9.90 Å². The van der Waals surface area contributed by atoms with Crippen LogP contribution in [0, 0.1) is 11.8 Å². The van der Waals surface area contributed by atoms with Gasteiger partial charge in [0.2, 0.25) is 5.91 Å². The minimum absolute atomic E-state index is 0.191. The number of piperidine rings is 1. The van der Waals surface area contributed by atoms with Crippen molar-refractivity contribution in [3.8, 4) is 0 Å². The number of aliphatic hydroxyl groups excluding tert-OH is 1. The highest BCUT2D eigenvalue weighted by molar-refractivity contribution is 5.76. The molecule has 1 heterocycles. The highest BCUT2D eigenvalue weighted by Crippen LogP contribution is 2.21. The van der Waals surface area contributed by atoms with Gasteiger partial charge in [-0.2, -0.15) is 0 Å². The Labute approximate surface area is 111 Å². The molecule has 0 bridgehead atoms.